The van der Waals surface area contributed by atoms with Crippen LogP contribution in [0.25, 0.3) is 0 Å². The third kappa shape index (κ3) is 9.84. The maximum absolute atomic E-state index is 2.93. The molecule has 0 rings (SSSR count). The van der Waals surface area contributed by atoms with Crippen LogP contribution in [0.15, 0.2) is 0 Å². The van der Waals surface area contributed by atoms with E-state index in [1.807, 2.05) is 0 Å². The molecule has 4 heteroatoms. The molecule has 0 aliphatic carbocycles. The fraction of sp³-hybridized carbons (Fsp3) is 1.00. The molecule has 0 spiro atoms. The molecule has 0 unspecified atom stereocenters. The molecule has 0 aromatic heterocycles. The van der Waals surface area contributed by atoms with Gasteiger partial charge in [0.15, 0.2) is 0 Å². The van der Waals surface area contributed by atoms with E-state index in [0.717, 1.165) is 34.0 Å². The second-order valence-electron chi connectivity index (χ2n) is 9.20. The predicted molar refractivity (Wildman–Crippen MR) is 128 cm³/mol. The van der Waals surface area contributed by atoms with Crippen molar-refractivity contribution in [2.45, 2.75) is 117 Å². The van der Waals surface area contributed by atoms with Crippen molar-refractivity contribution in [1.29, 1.82) is 0 Å². The van der Waals surface area contributed by atoms with Crippen LogP contribution in [-0.4, -0.2) is 57.7 Å². The van der Waals surface area contributed by atoms with Crippen molar-refractivity contribution in [2.75, 3.05) is 18.9 Å². The monoisotopic (exact) mass is 407 g/mol. The van der Waals surface area contributed by atoms with Gasteiger partial charge in [-0.3, -0.25) is 4.90 Å². The van der Waals surface area contributed by atoms with Gasteiger partial charge < -0.3 is 0 Å². The maximum Gasteiger partial charge on any atom is 0.0196 e. The molecule has 1 nitrogen and oxygen atoms in total. The van der Waals surface area contributed by atoms with E-state index < -0.39 is 0 Å². The number of nitrogens with zero attached hydrogens (tertiary/aromatic N) is 1. The molecule has 0 amide bonds. The average molecular weight is 408 g/mol. The molecule has 0 atom stereocenters. The van der Waals surface area contributed by atoms with E-state index in [1.165, 1.54) is 18.9 Å². The zero-order valence-electron chi connectivity index (χ0n) is 19.4. The largest absolute Gasteiger partial charge is 0.291 e. The Hall–Kier alpha value is 1.25. The normalized spacial score (nSPS) is 13.7. The molecule has 0 radical (unpaired) electrons. The molecule has 152 valence electrons. The van der Waals surface area contributed by atoms with Crippen LogP contribution in [0.2, 0.25) is 0 Å². The Bertz CT molecular complexity index is 264. The van der Waals surface area contributed by atoms with Gasteiger partial charge in [-0.1, -0.05) is 107 Å². The van der Waals surface area contributed by atoms with Crippen molar-refractivity contribution in [3.63, 3.8) is 0 Å². The fourth-order valence-corrected chi connectivity index (χ4v) is 11.6. The van der Waals surface area contributed by atoms with Crippen LogP contribution >= 0.6 is 23.8 Å². The van der Waals surface area contributed by atoms with Crippen molar-refractivity contribution in [3.05, 3.63) is 0 Å². The van der Waals surface area contributed by atoms with Crippen molar-refractivity contribution in [1.82, 2.24) is 4.90 Å². The van der Waals surface area contributed by atoms with E-state index in [9.17, 15) is 0 Å². The van der Waals surface area contributed by atoms with Gasteiger partial charge in [0.05, 0.1) is 0 Å². The van der Waals surface area contributed by atoms with Gasteiger partial charge in [-0.05, 0) is 34.0 Å². The smallest absolute Gasteiger partial charge is 0.0196 e. The van der Waals surface area contributed by atoms with E-state index >= 15 is 0 Å². The van der Waals surface area contributed by atoms with Gasteiger partial charge in [-0.15, -0.1) is 0 Å². The second kappa shape index (κ2) is 12.7. The van der Waals surface area contributed by atoms with Gasteiger partial charge in [0.1, 0.15) is 0 Å². The second-order valence-corrected chi connectivity index (χ2v) is 19.3. The predicted octanol–water partition coefficient (Wildman–Crippen LogP) is 8.06. The summed E-state index contributed by atoms with van der Waals surface area (Å²) >= 11 is 0. The Balaban J connectivity index is 5.40. The van der Waals surface area contributed by atoms with Crippen molar-refractivity contribution >= 4 is 23.8 Å². The van der Waals surface area contributed by atoms with Crippen molar-refractivity contribution in [3.8, 4) is 0 Å². The maximum atomic E-state index is 2.93. The molecule has 0 aromatic rings. The first kappa shape index (κ1) is 26.2. The topological polar surface area (TPSA) is 3.24 Å². The van der Waals surface area contributed by atoms with Crippen LogP contribution in [0.1, 0.15) is 83.1 Å². The van der Waals surface area contributed by atoms with Crippen molar-refractivity contribution in [2.24, 2.45) is 0 Å². The van der Waals surface area contributed by atoms with Gasteiger partial charge in [0.25, 0.3) is 0 Å². The molecular weight excluding hydrogens is 359 g/mol. The van der Waals surface area contributed by atoms with E-state index in [0.29, 0.717) is 0 Å². The van der Waals surface area contributed by atoms with Crippen molar-refractivity contribution < 1.29 is 0 Å². The molecule has 25 heavy (non-hydrogen) atoms. The van der Waals surface area contributed by atoms with Gasteiger partial charge in [-0.25, -0.2) is 0 Å². The first-order valence-electron chi connectivity index (χ1n) is 10.4. The van der Waals surface area contributed by atoms with E-state index in [4.69, 9.17) is 0 Å². The summed E-state index contributed by atoms with van der Waals surface area (Å²) in [5, 5.41) is 0. The minimum absolute atomic E-state index is 0.0903. The van der Waals surface area contributed by atoms with Crippen LogP contribution in [0.5, 0.6) is 0 Å². The Morgan fingerprint density at radius 2 is 0.560 bits per heavy atom. The molecule has 0 aliphatic heterocycles. The average Bonchev–Trinajstić information content (AvgIpc) is 2.43. The SMILES string of the molecule is CC(C)P(CN(CP(C(C)C)C(C)C)CP(C(C)C)C(C)C)C(C)C. The highest BCUT2D eigenvalue weighted by molar-refractivity contribution is 7.61. The van der Waals surface area contributed by atoms with E-state index in [1.54, 1.807) is 0 Å². The fourth-order valence-electron chi connectivity index (χ4n) is 3.60. The lowest BCUT2D eigenvalue weighted by molar-refractivity contribution is 0.428. The number of hydrogen-bond donors (Lipinski definition) is 0. The summed E-state index contributed by atoms with van der Waals surface area (Å²) in [4.78, 5) is 2.93. The lowest BCUT2D eigenvalue weighted by Gasteiger charge is -2.40. The summed E-state index contributed by atoms with van der Waals surface area (Å²) in [5.41, 5.74) is 5.03. The number of hydrogen-bond acceptors (Lipinski definition) is 1. The lowest BCUT2D eigenvalue weighted by Crippen LogP contribution is -2.31. The Labute approximate surface area is 164 Å². The first-order chi connectivity index (χ1) is 11.4. The van der Waals surface area contributed by atoms with Gasteiger partial charge in [0.2, 0.25) is 0 Å². The Kier molecular flexibility index (Phi) is 13.3. The summed E-state index contributed by atoms with van der Waals surface area (Å²) in [6, 6.07) is 0. The minimum Gasteiger partial charge on any atom is -0.291 e. The van der Waals surface area contributed by atoms with Gasteiger partial charge in [0, 0.05) is 18.9 Å². The first-order valence-corrected chi connectivity index (χ1v) is 15.4. The van der Waals surface area contributed by atoms with Crippen LogP contribution < -0.4 is 0 Å². The molecule has 0 bridgehead atoms. The van der Waals surface area contributed by atoms with Crippen LogP contribution in [0.4, 0.5) is 0 Å². The molecule has 0 fully saturated rings. The van der Waals surface area contributed by atoms with Crippen LogP contribution in [0, 0.1) is 0 Å². The lowest BCUT2D eigenvalue weighted by atomic mass is 10.5. The third-order valence-corrected chi connectivity index (χ3v) is 15.2. The summed E-state index contributed by atoms with van der Waals surface area (Å²) in [6.07, 6.45) is 4.09. The summed E-state index contributed by atoms with van der Waals surface area (Å²) in [6.45, 7) is 29.4. The summed E-state index contributed by atoms with van der Waals surface area (Å²) < 4.78 is 0. The number of rotatable bonds is 12. The van der Waals surface area contributed by atoms with E-state index in [-0.39, 0.29) is 23.8 Å². The molecule has 0 aromatic carbocycles. The molecular formula is C21H48NP3. The molecule has 0 saturated carbocycles. The summed E-state index contributed by atoms with van der Waals surface area (Å²) in [7, 11) is 0.271. The van der Waals surface area contributed by atoms with Crippen LogP contribution in [0.3, 0.4) is 0 Å². The highest BCUT2D eigenvalue weighted by Crippen LogP contribution is 2.54. The zero-order chi connectivity index (χ0) is 19.9. The minimum atomic E-state index is 0.0903. The molecule has 0 N–H and O–H groups in total. The Morgan fingerprint density at radius 3 is 0.680 bits per heavy atom. The molecule has 0 saturated heterocycles. The summed E-state index contributed by atoms with van der Waals surface area (Å²) in [5.74, 6) is 0. The Morgan fingerprint density at radius 1 is 0.400 bits per heavy atom. The standard InChI is InChI=1S/C21H48NP3/c1-16(2)23(17(3)4)13-22(14-24(18(5)6)19(7)8)15-25(20(9)10)21(11)12/h16-21H,13-15H2,1-12H3. The van der Waals surface area contributed by atoms with Crippen LogP contribution in [-0.2, 0) is 0 Å². The highest BCUT2D eigenvalue weighted by Gasteiger charge is 2.28. The van der Waals surface area contributed by atoms with E-state index in [2.05, 4.69) is 88.0 Å². The molecule has 0 aliphatic rings. The van der Waals surface area contributed by atoms with Gasteiger partial charge in [-0.2, -0.15) is 0 Å². The third-order valence-electron chi connectivity index (χ3n) is 5.07. The molecule has 0 heterocycles. The highest BCUT2D eigenvalue weighted by atomic mass is 31.1. The zero-order valence-corrected chi connectivity index (χ0v) is 22.1. The van der Waals surface area contributed by atoms with Gasteiger partial charge >= 0.3 is 0 Å². The quantitative estimate of drug-likeness (QED) is 0.296.